The second-order valence-electron chi connectivity index (χ2n) is 4.71. The Hall–Kier alpha value is -2.14. The fourth-order valence-electron chi connectivity index (χ4n) is 2.33. The topological polar surface area (TPSA) is 69.8 Å². The van der Waals surface area contributed by atoms with Crippen molar-refractivity contribution in [1.29, 1.82) is 0 Å². The molecule has 0 fully saturated rings. The summed E-state index contributed by atoms with van der Waals surface area (Å²) in [4.78, 5) is 12.1. The number of nitrogens with one attached hydrogen (secondary N) is 3. The number of fused-ring (bicyclic) bond motifs is 1. The van der Waals surface area contributed by atoms with Crippen LogP contribution < -0.4 is 10.6 Å². The molecule has 0 spiro atoms. The summed E-state index contributed by atoms with van der Waals surface area (Å²) in [5.41, 5.74) is 3.44. The van der Waals surface area contributed by atoms with Gasteiger partial charge in [-0.25, -0.2) is 0 Å². The molecule has 1 amide bonds. The van der Waals surface area contributed by atoms with Crippen LogP contribution >= 0.6 is 0 Å². The van der Waals surface area contributed by atoms with Crippen LogP contribution in [0.3, 0.4) is 0 Å². The van der Waals surface area contributed by atoms with Gasteiger partial charge < -0.3 is 10.6 Å². The number of carbonyl (C=O) groups is 1. The maximum atomic E-state index is 12.1. The normalized spacial score (nSPS) is 17.8. The molecule has 1 aromatic carbocycles. The van der Waals surface area contributed by atoms with Gasteiger partial charge in [0.2, 0.25) is 5.91 Å². The molecule has 0 saturated heterocycles. The molecule has 3 rings (SSSR count). The number of carbonyl (C=O) groups excluding carboxylic acids is 1. The Bertz CT molecular complexity index is 565. The third kappa shape index (κ3) is 2.66. The minimum Gasteiger partial charge on any atom is -0.349 e. The Morgan fingerprint density at radius 1 is 1.32 bits per heavy atom. The highest BCUT2D eigenvalue weighted by Gasteiger charge is 2.23. The summed E-state index contributed by atoms with van der Waals surface area (Å²) in [7, 11) is 0. The predicted octanol–water partition coefficient (Wildman–Crippen LogP) is 0.740. The Balaban J connectivity index is 1.60. The van der Waals surface area contributed by atoms with Crippen LogP contribution in [0.1, 0.15) is 16.8 Å². The van der Waals surface area contributed by atoms with Crippen molar-refractivity contribution in [2.24, 2.45) is 0 Å². The van der Waals surface area contributed by atoms with Gasteiger partial charge >= 0.3 is 0 Å². The van der Waals surface area contributed by atoms with E-state index in [1.807, 2.05) is 18.2 Å². The molecule has 0 saturated carbocycles. The molecule has 5 heteroatoms. The van der Waals surface area contributed by atoms with Crippen LogP contribution in [0.4, 0.5) is 0 Å². The average Bonchev–Trinajstić information content (AvgIpc) is 2.97. The van der Waals surface area contributed by atoms with E-state index in [1.54, 1.807) is 6.20 Å². The van der Waals surface area contributed by atoms with E-state index in [0.717, 1.165) is 18.7 Å². The van der Waals surface area contributed by atoms with Gasteiger partial charge in [-0.05, 0) is 23.6 Å². The number of aromatic amines is 1. The number of H-pyrrole nitrogens is 1. The molecule has 1 aliphatic rings. The van der Waals surface area contributed by atoms with E-state index < -0.39 is 0 Å². The highest BCUT2D eigenvalue weighted by atomic mass is 16.2. The summed E-state index contributed by atoms with van der Waals surface area (Å²) in [6, 6.07) is 9.93. The zero-order valence-electron chi connectivity index (χ0n) is 10.5. The Kier molecular flexibility index (Phi) is 3.29. The lowest BCUT2D eigenvalue weighted by Gasteiger charge is -2.25. The van der Waals surface area contributed by atoms with E-state index in [0.29, 0.717) is 6.54 Å². The Morgan fingerprint density at radius 3 is 2.95 bits per heavy atom. The van der Waals surface area contributed by atoms with Gasteiger partial charge in [0.05, 0.1) is 18.3 Å². The largest absolute Gasteiger partial charge is 0.349 e. The number of hydrogen-bond donors (Lipinski definition) is 3. The maximum absolute atomic E-state index is 12.1. The van der Waals surface area contributed by atoms with Crippen molar-refractivity contribution in [2.45, 2.75) is 25.6 Å². The van der Waals surface area contributed by atoms with Gasteiger partial charge in [0.1, 0.15) is 0 Å². The summed E-state index contributed by atoms with van der Waals surface area (Å²) in [5, 5.41) is 12.9. The summed E-state index contributed by atoms with van der Waals surface area (Å²) >= 11 is 0. The maximum Gasteiger partial charge on any atom is 0.237 e. The summed E-state index contributed by atoms with van der Waals surface area (Å²) in [5.74, 6) is 0.0316. The Morgan fingerprint density at radius 2 is 2.16 bits per heavy atom. The molecule has 1 aromatic heterocycles. The van der Waals surface area contributed by atoms with E-state index in [-0.39, 0.29) is 11.9 Å². The van der Waals surface area contributed by atoms with E-state index >= 15 is 0 Å². The van der Waals surface area contributed by atoms with E-state index in [4.69, 9.17) is 0 Å². The van der Waals surface area contributed by atoms with Crippen LogP contribution in [0.5, 0.6) is 0 Å². The van der Waals surface area contributed by atoms with Gasteiger partial charge in [0, 0.05) is 12.7 Å². The SMILES string of the molecule is O=C(NCc1ccn[nH]1)[C@@H]1Cc2ccccc2CN1. The molecule has 0 aliphatic carbocycles. The molecular weight excluding hydrogens is 240 g/mol. The first-order chi connectivity index (χ1) is 9.33. The number of aromatic nitrogens is 2. The molecule has 0 unspecified atom stereocenters. The highest BCUT2D eigenvalue weighted by molar-refractivity contribution is 5.82. The first-order valence-corrected chi connectivity index (χ1v) is 6.39. The number of rotatable bonds is 3. The first kappa shape index (κ1) is 11.9. The lowest BCUT2D eigenvalue weighted by Crippen LogP contribution is -2.47. The number of benzene rings is 1. The molecule has 98 valence electrons. The summed E-state index contributed by atoms with van der Waals surface area (Å²) in [6.07, 6.45) is 2.42. The molecule has 3 N–H and O–H groups in total. The smallest absolute Gasteiger partial charge is 0.237 e. The lowest BCUT2D eigenvalue weighted by atomic mass is 9.95. The van der Waals surface area contributed by atoms with Gasteiger partial charge in [-0.2, -0.15) is 5.10 Å². The van der Waals surface area contributed by atoms with Crippen molar-refractivity contribution < 1.29 is 4.79 Å². The van der Waals surface area contributed by atoms with Crippen molar-refractivity contribution in [3.05, 3.63) is 53.3 Å². The van der Waals surface area contributed by atoms with Crippen LogP contribution in [0.2, 0.25) is 0 Å². The summed E-state index contributed by atoms with van der Waals surface area (Å²) in [6.45, 7) is 1.23. The van der Waals surface area contributed by atoms with Crippen molar-refractivity contribution >= 4 is 5.91 Å². The number of nitrogens with zero attached hydrogens (tertiary/aromatic N) is 1. The molecule has 0 radical (unpaired) electrons. The predicted molar refractivity (Wildman–Crippen MR) is 71.2 cm³/mol. The number of hydrogen-bond acceptors (Lipinski definition) is 3. The van der Waals surface area contributed by atoms with Gasteiger partial charge in [-0.1, -0.05) is 24.3 Å². The highest BCUT2D eigenvalue weighted by Crippen LogP contribution is 2.16. The molecule has 2 aromatic rings. The van der Waals surface area contributed by atoms with E-state index in [2.05, 4.69) is 33.0 Å². The molecule has 1 aliphatic heterocycles. The fraction of sp³-hybridized carbons (Fsp3) is 0.286. The molecule has 19 heavy (non-hydrogen) atoms. The number of amides is 1. The minimum atomic E-state index is -0.155. The van der Waals surface area contributed by atoms with Crippen LogP contribution in [0.15, 0.2) is 36.5 Å². The van der Waals surface area contributed by atoms with Crippen LogP contribution in [-0.2, 0) is 24.3 Å². The molecule has 2 heterocycles. The van der Waals surface area contributed by atoms with E-state index in [1.165, 1.54) is 11.1 Å². The Labute approximate surface area is 111 Å². The zero-order valence-corrected chi connectivity index (χ0v) is 10.5. The van der Waals surface area contributed by atoms with Crippen molar-refractivity contribution in [2.75, 3.05) is 0 Å². The fourth-order valence-corrected chi connectivity index (χ4v) is 2.33. The van der Waals surface area contributed by atoms with Crippen molar-refractivity contribution in [1.82, 2.24) is 20.8 Å². The summed E-state index contributed by atoms with van der Waals surface area (Å²) < 4.78 is 0. The first-order valence-electron chi connectivity index (χ1n) is 6.39. The molecule has 0 bridgehead atoms. The van der Waals surface area contributed by atoms with Crippen LogP contribution in [-0.4, -0.2) is 22.1 Å². The second kappa shape index (κ2) is 5.24. The van der Waals surface area contributed by atoms with Gasteiger partial charge in [-0.3, -0.25) is 9.89 Å². The van der Waals surface area contributed by atoms with Gasteiger partial charge in [0.25, 0.3) is 0 Å². The molecular formula is C14H16N4O. The average molecular weight is 256 g/mol. The van der Waals surface area contributed by atoms with Crippen molar-refractivity contribution in [3.63, 3.8) is 0 Å². The zero-order chi connectivity index (χ0) is 13.1. The lowest BCUT2D eigenvalue weighted by molar-refractivity contribution is -0.123. The quantitative estimate of drug-likeness (QED) is 0.758. The van der Waals surface area contributed by atoms with E-state index in [9.17, 15) is 4.79 Å². The van der Waals surface area contributed by atoms with Crippen LogP contribution in [0, 0.1) is 0 Å². The standard InChI is InChI=1S/C14H16N4O/c19-14(16-9-12-5-6-17-18-12)13-7-10-3-1-2-4-11(10)8-15-13/h1-6,13,15H,7-9H2,(H,16,19)(H,17,18)/t13-/m0/s1. The van der Waals surface area contributed by atoms with Crippen molar-refractivity contribution in [3.8, 4) is 0 Å². The second-order valence-corrected chi connectivity index (χ2v) is 4.71. The molecule has 5 nitrogen and oxygen atoms in total. The van der Waals surface area contributed by atoms with Gasteiger partial charge in [0.15, 0.2) is 0 Å². The molecule has 1 atom stereocenters. The van der Waals surface area contributed by atoms with Gasteiger partial charge in [-0.15, -0.1) is 0 Å². The van der Waals surface area contributed by atoms with Crippen LogP contribution in [0.25, 0.3) is 0 Å². The monoisotopic (exact) mass is 256 g/mol. The third-order valence-electron chi connectivity index (χ3n) is 3.41. The third-order valence-corrected chi connectivity index (χ3v) is 3.41. The minimum absolute atomic E-state index is 0.0316.